The van der Waals surface area contributed by atoms with Gasteiger partial charge in [-0.1, -0.05) is 38.1 Å². The van der Waals surface area contributed by atoms with E-state index in [0.29, 0.717) is 29.0 Å². The van der Waals surface area contributed by atoms with Crippen molar-refractivity contribution in [2.45, 2.75) is 39.7 Å². The van der Waals surface area contributed by atoms with Crippen LogP contribution in [0.5, 0.6) is 11.6 Å². The molecule has 0 bridgehead atoms. The average Bonchev–Trinajstić information content (AvgIpc) is 2.90. The maximum absolute atomic E-state index is 12.7. The first-order chi connectivity index (χ1) is 18.8. The minimum atomic E-state index is -3.49. The van der Waals surface area contributed by atoms with Crippen molar-refractivity contribution in [2.75, 3.05) is 28.9 Å². The maximum Gasteiger partial charge on any atom is 0.232 e. The number of hydrogen-bond donors (Lipinski definition) is 3. The predicted molar refractivity (Wildman–Crippen MR) is 156 cm³/mol. The van der Waals surface area contributed by atoms with E-state index in [1.54, 1.807) is 18.5 Å². The van der Waals surface area contributed by atoms with Gasteiger partial charge in [-0.2, -0.15) is 0 Å². The Morgan fingerprint density at radius 2 is 1.92 bits per heavy atom. The lowest BCUT2D eigenvalue weighted by atomic mass is 10.0. The fourth-order valence-corrected chi connectivity index (χ4v) is 6.29. The van der Waals surface area contributed by atoms with Gasteiger partial charge in [0.25, 0.3) is 0 Å². The minimum Gasteiger partial charge on any atom is -0.437 e. The summed E-state index contributed by atoms with van der Waals surface area (Å²) in [6, 6.07) is 15.2. The number of hydrogen-bond acceptors (Lipinski definition) is 8. The lowest BCUT2D eigenvalue weighted by molar-refractivity contribution is 0.466. The summed E-state index contributed by atoms with van der Waals surface area (Å²) in [5.74, 6) is 1.64. The van der Waals surface area contributed by atoms with Gasteiger partial charge in [0.2, 0.25) is 21.9 Å². The highest BCUT2D eigenvalue weighted by Gasteiger charge is 2.19. The molecule has 1 unspecified atom stereocenters. The van der Waals surface area contributed by atoms with E-state index in [1.165, 1.54) is 0 Å². The van der Waals surface area contributed by atoms with Gasteiger partial charge in [-0.25, -0.2) is 23.4 Å². The molecule has 3 N–H and O–H groups in total. The van der Waals surface area contributed by atoms with Crippen molar-refractivity contribution >= 4 is 32.4 Å². The molecule has 10 heteroatoms. The summed E-state index contributed by atoms with van der Waals surface area (Å²) in [6.45, 7) is 7.63. The molecule has 1 aliphatic heterocycles. The molecule has 0 spiro atoms. The summed E-state index contributed by atoms with van der Waals surface area (Å²) in [5, 5.41) is 8.36. The van der Waals surface area contributed by atoms with E-state index >= 15 is 0 Å². The molecule has 204 valence electrons. The third-order valence-electron chi connectivity index (χ3n) is 6.56. The number of aromatic nitrogens is 3. The molecule has 5 rings (SSSR count). The second-order valence-corrected chi connectivity index (χ2v) is 12.1. The summed E-state index contributed by atoms with van der Waals surface area (Å²) in [7, 11) is -3.49. The van der Waals surface area contributed by atoms with Crippen molar-refractivity contribution in [3.05, 3.63) is 66.5 Å². The predicted octanol–water partition coefficient (Wildman–Crippen LogP) is 5.35. The Hall–Kier alpha value is -3.76. The van der Waals surface area contributed by atoms with Gasteiger partial charge in [0, 0.05) is 35.8 Å². The van der Waals surface area contributed by atoms with Crippen molar-refractivity contribution in [1.82, 2.24) is 20.3 Å². The monoisotopic (exact) mass is 546 g/mol. The number of nitrogens with one attached hydrogen (secondary N) is 3. The van der Waals surface area contributed by atoms with Crippen LogP contribution in [-0.2, 0) is 10.0 Å². The fraction of sp³-hybridized carbons (Fsp3) is 0.345. The molecule has 9 nitrogen and oxygen atoms in total. The Morgan fingerprint density at radius 1 is 1.05 bits per heavy atom. The first kappa shape index (κ1) is 26.8. The third-order valence-corrected chi connectivity index (χ3v) is 8.20. The molecule has 4 aromatic rings. The molecular formula is C29H34N6O3S. The quantitative estimate of drug-likeness (QED) is 0.257. The Labute approximate surface area is 229 Å². The maximum atomic E-state index is 12.7. The second kappa shape index (κ2) is 11.5. The van der Waals surface area contributed by atoms with Crippen molar-refractivity contribution < 1.29 is 13.2 Å². The van der Waals surface area contributed by atoms with Gasteiger partial charge in [-0.15, -0.1) is 0 Å². The summed E-state index contributed by atoms with van der Waals surface area (Å²) < 4.78 is 34.6. The highest BCUT2D eigenvalue weighted by molar-refractivity contribution is 7.92. The van der Waals surface area contributed by atoms with Crippen LogP contribution in [0.4, 0.5) is 11.6 Å². The van der Waals surface area contributed by atoms with Crippen LogP contribution in [0.25, 0.3) is 22.0 Å². The van der Waals surface area contributed by atoms with Crippen LogP contribution in [-0.4, -0.2) is 48.3 Å². The summed E-state index contributed by atoms with van der Waals surface area (Å²) >= 11 is 0. The fourth-order valence-electron chi connectivity index (χ4n) is 4.81. The lowest BCUT2D eigenvalue weighted by Gasteiger charge is -2.23. The highest BCUT2D eigenvalue weighted by Crippen LogP contribution is 2.38. The van der Waals surface area contributed by atoms with Gasteiger partial charge in [0.1, 0.15) is 5.75 Å². The van der Waals surface area contributed by atoms with Gasteiger partial charge in [0.15, 0.2) is 0 Å². The van der Waals surface area contributed by atoms with E-state index in [0.717, 1.165) is 47.8 Å². The smallest absolute Gasteiger partial charge is 0.232 e. The molecule has 1 saturated heterocycles. The van der Waals surface area contributed by atoms with Crippen molar-refractivity contribution in [1.29, 1.82) is 0 Å². The summed E-state index contributed by atoms with van der Waals surface area (Å²) in [5.41, 5.74) is 2.84. The number of ether oxygens (including phenoxy) is 1. The second-order valence-electron chi connectivity index (χ2n) is 10.3. The molecule has 1 aliphatic rings. The normalized spacial score (nSPS) is 15.8. The molecule has 0 radical (unpaired) electrons. The van der Waals surface area contributed by atoms with Crippen molar-refractivity contribution in [2.24, 2.45) is 5.92 Å². The van der Waals surface area contributed by atoms with Gasteiger partial charge >= 0.3 is 0 Å². The molecule has 1 fully saturated rings. The number of benzene rings is 2. The number of pyridine rings is 1. The zero-order chi connectivity index (χ0) is 27.4. The molecule has 2 aromatic carbocycles. The van der Waals surface area contributed by atoms with Gasteiger partial charge in [-0.3, -0.25) is 4.72 Å². The van der Waals surface area contributed by atoms with Crippen LogP contribution >= 0.6 is 0 Å². The largest absolute Gasteiger partial charge is 0.437 e. The van der Waals surface area contributed by atoms with E-state index in [9.17, 15) is 8.42 Å². The van der Waals surface area contributed by atoms with E-state index in [1.807, 2.05) is 63.2 Å². The van der Waals surface area contributed by atoms with E-state index in [4.69, 9.17) is 9.72 Å². The Morgan fingerprint density at radius 3 is 2.72 bits per heavy atom. The number of anilines is 2. The lowest BCUT2D eigenvalue weighted by Crippen LogP contribution is -2.38. The van der Waals surface area contributed by atoms with Gasteiger partial charge in [-0.05, 0) is 62.1 Å². The molecule has 0 amide bonds. The topological polar surface area (TPSA) is 118 Å². The molecule has 2 aromatic heterocycles. The van der Waals surface area contributed by atoms with Crippen LogP contribution in [0, 0.1) is 12.8 Å². The third kappa shape index (κ3) is 6.46. The molecule has 0 saturated carbocycles. The van der Waals surface area contributed by atoms with Gasteiger partial charge in [0.05, 0.1) is 22.7 Å². The van der Waals surface area contributed by atoms with E-state index in [2.05, 4.69) is 25.3 Å². The van der Waals surface area contributed by atoms with Crippen LogP contribution in [0.15, 0.2) is 60.9 Å². The minimum absolute atomic E-state index is 0.0121. The standard InChI is InChI=1S/C29H34N6O3S/c1-19(2)18-39(36,37)35-26-10-4-8-23-22(26)12-11-20(3)27(23)38-28-24(9-6-15-31-28)25-13-16-32-29(34-25)33-21-7-5-14-30-17-21/h4,6,8-13,15-16,19,21,30,35H,5,7,14,17-18H2,1-3H3,(H,32,33,34). The number of fused-ring (bicyclic) bond motifs is 1. The van der Waals surface area contributed by atoms with Crippen LogP contribution in [0.3, 0.4) is 0 Å². The first-order valence-electron chi connectivity index (χ1n) is 13.3. The number of aryl methyl sites for hydroxylation is 1. The highest BCUT2D eigenvalue weighted by atomic mass is 32.2. The molecule has 1 atom stereocenters. The summed E-state index contributed by atoms with van der Waals surface area (Å²) in [4.78, 5) is 13.7. The zero-order valence-corrected chi connectivity index (χ0v) is 23.3. The summed E-state index contributed by atoms with van der Waals surface area (Å²) in [6.07, 6.45) is 5.59. The van der Waals surface area contributed by atoms with E-state index in [-0.39, 0.29) is 17.7 Å². The molecule has 3 heterocycles. The van der Waals surface area contributed by atoms with Crippen LogP contribution in [0.1, 0.15) is 32.3 Å². The Bertz CT molecular complexity index is 1570. The number of rotatable bonds is 9. The zero-order valence-electron chi connectivity index (χ0n) is 22.4. The number of sulfonamides is 1. The van der Waals surface area contributed by atoms with E-state index < -0.39 is 10.0 Å². The Balaban J connectivity index is 1.48. The Kier molecular flexibility index (Phi) is 7.94. The molecule has 39 heavy (non-hydrogen) atoms. The van der Waals surface area contributed by atoms with Crippen molar-refractivity contribution in [3.8, 4) is 22.9 Å². The van der Waals surface area contributed by atoms with Crippen LogP contribution < -0.4 is 20.1 Å². The SMILES string of the molecule is Cc1ccc2c(NS(=O)(=O)CC(C)C)cccc2c1Oc1ncccc1-c1ccnc(NC2CCCNC2)n1. The van der Waals surface area contributed by atoms with Crippen LogP contribution in [0.2, 0.25) is 0 Å². The number of piperidine rings is 1. The number of nitrogens with zero attached hydrogens (tertiary/aromatic N) is 3. The molecule has 0 aliphatic carbocycles. The van der Waals surface area contributed by atoms with Gasteiger partial charge < -0.3 is 15.4 Å². The first-order valence-corrected chi connectivity index (χ1v) is 14.9. The van der Waals surface area contributed by atoms with Crippen molar-refractivity contribution in [3.63, 3.8) is 0 Å². The average molecular weight is 547 g/mol. The molecular weight excluding hydrogens is 512 g/mol.